The Kier molecular flexibility index (Phi) is 3.54. The lowest BCUT2D eigenvalue weighted by molar-refractivity contribution is 0.627. The van der Waals surface area contributed by atoms with Crippen molar-refractivity contribution in [2.45, 2.75) is 12.8 Å². The van der Waals surface area contributed by atoms with E-state index in [0.717, 1.165) is 35.5 Å². The lowest BCUT2D eigenvalue weighted by atomic mass is 10.1. The summed E-state index contributed by atoms with van der Waals surface area (Å²) in [6.45, 7) is 0. The second-order valence-corrected chi connectivity index (χ2v) is 4.62. The minimum absolute atomic E-state index is 0.201. The van der Waals surface area contributed by atoms with E-state index in [9.17, 15) is 4.39 Å². The number of aromatic nitrogens is 3. The van der Waals surface area contributed by atoms with Gasteiger partial charge in [0.2, 0.25) is 0 Å². The smallest absolute Gasteiger partial charge is 0.123 e. The number of nitrogens with zero attached hydrogens (tertiary/aromatic N) is 2. The molecule has 0 saturated carbocycles. The Labute approximate surface area is 116 Å². The van der Waals surface area contributed by atoms with Crippen LogP contribution in [0, 0.1) is 5.82 Å². The van der Waals surface area contributed by atoms with Crippen LogP contribution in [0.1, 0.15) is 11.3 Å². The van der Waals surface area contributed by atoms with Gasteiger partial charge in [-0.1, -0.05) is 18.2 Å². The second-order valence-electron chi connectivity index (χ2n) is 4.62. The molecule has 0 aliphatic rings. The first kappa shape index (κ1) is 12.5. The summed E-state index contributed by atoms with van der Waals surface area (Å²) >= 11 is 0. The molecule has 100 valence electrons. The van der Waals surface area contributed by atoms with Crippen molar-refractivity contribution in [2.75, 3.05) is 0 Å². The molecule has 0 aliphatic carbocycles. The summed E-state index contributed by atoms with van der Waals surface area (Å²) in [7, 11) is 0. The quantitative estimate of drug-likeness (QED) is 0.787. The van der Waals surface area contributed by atoms with Crippen LogP contribution in [0.5, 0.6) is 0 Å². The van der Waals surface area contributed by atoms with Crippen molar-refractivity contribution in [1.82, 2.24) is 15.2 Å². The Bertz CT molecular complexity index is 674. The standard InChI is InChI=1S/C16H14FN3/c17-13-7-4-12(5-8-13)6-9-14-11-16(20-19-14)15-3-1-2-10-18-15/h1-5,7-8,10-11H,6,9H2,(H,19,20). The molecular weight excluding hydrogens is 253 g/mol. The van der Waals surface area contributed by atoms with Gasteiger partial charge in [0.05, 0.1) is 5.69 Å². The largest absolute Gasteiger partial charge is 0.282 e. The zero-order chi connectivity index (χ0) is 13.8. The van der Waals surface area contributed by atoms with Crippen LogP contribution in [-0.4, -0.2) is 15.2 Å². The molecule has 0 bridgehead atoms. The molecule has 3 aromatic rings. The molecule has 0 fully saturated rings. The number of rotatable bonds is 4. The van der Waals surface area contributed by atoms with Gasteiger partial charge in [-0.2, -0.15) is 5.10 Å². The van der Waals surface area contributed by atoms with Crippen LogP contribution >= 0.6 is 0 Å². The van der Waals surface area contributed by atoms with Gasteiger partial charge >= 0.3 is 0 Å². The molecule has 1 N–H and O–H groups in total. The van der Waals surface area contributed by atoms with Crippen LogP contribution in [0.4, 0.5) is 4.39 Å². The van der Waals surface area contributed by atoms with Gasteiger partial charge in [-0.05, 0) is 48.7 Å². The summed E-state index contributed by atoms with van der Waals surface area (Å²) in [6.07, 6.45) is 3.44. The highest BCUT2D eigenvalue weighted by atomic mass is 19.1. The molecule has 3 rings (SSSR count). The fraction of sp³-hybridized carbons (Fsp3) is 0.125. The van der Waals surface area contributed by atoms with Gasteiger partial charge in [0.15, 0.2) is 0 Å². The third-order valence-electron chi connectivity index (χ3n) is 3.15. The van der Waals surface area contributed by atoms with Crippen molar-refractivity contribution in [1.29, 1.82) is 0 Å². The first-order valence-corrected chi connectivity index (χ1v) is 6.51. The van der Waals surface area contributed by atoms with Crippen molar-refractivity contribution in [3.8, 4) is 11.4 Å². The maximum absolute atomic E-state index is 12.8. The van der Waals surface area contributed by atoms with Crippen LogP contribution in [0.3, 0.4) is 0 Å². The first-order valence-electron chi connectivity index (χ1n) is 6.51. The lowest BCUT2D eigenvalue weighted by Gasteiger charge is -1.99. The Balaban J connectivity index is 1.67. The molecule has 0 aliphatic heterocycles. The fourth-order valence-electron chi connectivity index (χ4n) is 2.07. The molecule has 0 saturated heterocycles. The van der Waals surface area contributed by atoms with E-state index >= 15 is 0 Å². The number of aryl methyl sites for hydroxylation is 2. The molecule has 0 amide bonds. The monoisotopic (exact) mass is 267 g/mol. The summed E-state index contributed by atoms with van der Waals surface area (Å²) in [5.41, 5.74) is 3.87. The minimum atomic E-state index is -0.201. The van der Waals surface area contributed by atoms with Crippen LogP contribution in [-0.2, 0) is 12.8 Å². The van der Waals surface area contributed by atoms with Gasteiger partial charge in [0.25, 0.3) is 0 Å². The van der Waals surface area contributed by atoms with E-state index in [2.05, 4.69) is 15.2 Å². The molecule has 0 unspecified atom stereocenters. The van der Waals surface area contributed by atoms with Crippen LogP contribution in [0.15, 0.2) is 54.7 Å². The number of halogens is 1. The molecular formula is C16H14FN3. The third kappa shape index (κ3) is 2.91. The van der Waals surface area contributed by atoms with E-state index in [0.29, 0.717) is 0 Å². The number of pyridine rings is 1. The zero-order valence-corrected chi connectivity index (χ0v) is 10.9. The normalized spacial score (nSPS) is 10.7. The van der Waals surface area contributed by atoms with Gasteiger partial charge < -0.3 is 0 Å². The average Bonchev–Trinajstić information content (AvgIpc) is 2.97. The predicted molar refractivity (Wildman–Crippen MR) is 75.6 cm³/mol. The first-order chi connectivity index (χ1) is 9.81. The highest BCUT2D eigenvalue weighted by Gasteiger charge is 2.05. The Morgan fingerprint density at radius 2 is 1.80 bits per heavy atom. The summed E-state index contributed by atoms with van der Waals surface area (Å²) in [6, 6.07) is 14.4. The Morgan fingerprint density at radius 1 is 0.950 bits per heavy atom. The molecule has 0 spiro atoms. The number of benzene rings is 1. The molecule has 0 atom stereocenters. The molecule has 20 heavy (non-hydrogen) atoms. The highest BCUT2D eigenvalue weighted by Crippen LogP contribution is 2.15. The minimum Gasteiger partial charge on any atom is -0.282 e. The average molecular weight is 267 g/mol. The maximum atomic E-state index is 12.8. The topological polar surface area (TPSA) is 41.6 Å². The van der Waals surface area contributed by atoms with Gasteiger partial charge in [0, 0.05) is 11.9 Å². The van der Waals surface area contributed by atoms with Crippen LogP contribution in [0.2, 0.25) is 0 Å². The molecule has 2 heterocycles. The summed E-state index contributed by atoms with van der Waals surface area (Å²) in [5.74, 6) is -0.201. The Morgan fingerprint density at radius 3 is 2.55 bits per heavy atom. The zero-order valence-electron chi connectivity index (χ0n) is 10.9. The van der Waals surface area contributed by atoms with Gasteiger partial charge in [-0.15, -0.1) is 0 Å². The Hall–Kier alpha value is -2.49. The lowest BCUT2D eigenvalue weighted by Crippen LogP contribution is -1.91. The van der Waals surface area contributed by atoms with E-state index in [1.807, 2.05) is 36.4 Å². The number of aromatic amines is 1. The second kappa shape index (κ2) is 5.65. The van der Waals surface area contributed by atoms with Crippen LogP contribution < -0.4 is 0 Å². The number of nitrogens with one attached hydrogen (secondary N) is 1. The molecule has 0 radical (unpaired) electrons. The van der Waals surface area contributed by atoms with E-state index in [4.69, 9.17) is 0 Å². The van der Waals surface area contributed by atoms with E-state index in [-0.39, 0.29) is 5.82 Å². The fourth-order valence-corrected chi connectivity index (χ4v) is 2.07. The van der Waals surface area contributed by atoms with E-state index in [1.54, 1.807) is 6.20 Å². The van der Waals surface area contributed by atoms with E-state index < -0.39 is 0 Å². The number of hydrogen-bond donors (Lipinski definition) is 1. The molecule has 4 heteroatoms. The van der Waals surface area contributed by atoms with Crippen LogP contribution in [0.25, 0.3) is 11.4 Å². The highest BCUT2D eigenvalue weighted by molar-refractivity contribution is 5.53. The molecule has 1 aromatic carbocycles. The van der Waals surface area contributed by atoms with Crippen molar-refractivity contribution in [2.24, 2.45) is 0 Å². The van der Waals surface area contributed by atoms with Gasteiger partial charge in [0.1, 0.15) is 11.5 Å². The number of H-pyrrole nitrogens is 1. The summed E-state index contributed by atoms with van der Waals surface area (Å²) in [5, 5.41) is 7.29. The van der Waals surface area contributed by atoms with Crippen molar-refractivity contribution in [3.05, 3.63) is 71.8 Å². The van der Waals surface area contributed by atoms with Crippen molar-refractivity contribution >= 4 is 0 Å². The maximum Gasteiger partial charge on any atom is 0.123 e. The number of hydrogen-bond acceptors (Lipinski definition) is 2. The summed E-state index contributed by atoms with van der Waals surface area (Å²) < 4.78 is 12.8. The summed E-state index contributed by atoms with van der Waals surface area (Å²) in [4.78, 5) is 4.27. The van der Waals surface area contributed by atoms with Crippen molar-refractivity contribution < 1.29 is 4.39 Å². The SMILES string of the molecule is Fc1ccc(CCc2cc(-c3ccccn3)n[nH]2)cc1. The third-order valence-corrected chi connectivity index (χ3v) is 3.15. The van der Waals surface area contributed by atoms with E-state index in [1.165, 1.54) is 12.1 Å². The van der Waals surface area contributed by atoms with Crippen molar-refractivity contribution in [3.63, 3.8) is 0 Å². The van der Waals surface area contributed by atoms with Gasteiger partial charge in [-0.3, -0.25) is 10.1 Å². The predicted octanol–water partition coefficient (Wildman–Crippen LogP) is 3.40. The molecule has 3 nitrogen and oxygen atoms in total. The van der Waals surface area contributed by atoms with Gasteiger partial charge in [-0.25, -0.2) is 4.39 Å². The molecule has 2 aromatic heterocycles.